The maximum Gasteiger partial charge on any atom is 0.123 e. The molecular formula is C17H12FN3S. The first kappa shape index (κ1) is 14.4. The molecule has 3 aromatic rings. The molecule has 108 valence electrons. The summed E-state index contributed by atoms with van der Waals surface area (Å²) in [4.78, 5) is 1.15. The van der Waals surface area contributed by atoms with Gasteiger partial charge < -0.3 is 0 Å². The third-order valence-electron chi connectivity index (χ3n) is 3.32. The maximum atomic E-state index is 13.1. The molecule has 1 heterocycles. The third-order valence-corrected chi connectivity index (χ3v) is 4.07. The molecule has 0 saturated heterocycles. The Kier molecular flexibility index (Phi) is 3.94. The van der Waals surface area contributed by atoms with Gasteiger partial charge in [0.1, 0.15) is 11.9 Å². The molecule has 0 bridgehead atoms. The largest absolute Gasteiger partial charge is 0.232 e. The lowest BCUT2D eigenvalue weighted by atomic mass is 10.1. The molecule has 0 saturated carbocycles. The van der Waals surface area contributed by atoms with Crippen molar-refractivity contribution in [3.63, 3.8) is 0 Å². The van der Waals surface area contributed by atoms with Crippen molar-refractivity contribution in [1.29, 1.82) is 5.26 Å². The van der Waals surface area contributed by atoms with Gasteiger partial charge in [0, 0.05) is 10.5 Å². The molecule has 3 rings (SSSR count). The lowest BCUT2D eigenvalue weighted by molar-refractivity contribution is 0.627. The lowest BCUT2D eigenvalue weighted by Gasteiger charge is -2.09. The van der Waals surface area contributed by atoms with Crippen LogP contribution in [0.2, 0.25) is 0 Å². The second-order valence-corrected chi connectivity index (χ2v) is 5.52. The van der Waals surface area contributed by atoms with Crippen LogP contribution in [0.5, 0.6) is 0 Å². The Balaban J connectivity index is 2.15. The van der Waals surface area contributed by atoms with Gasteiger partial charge in [-0.25, -0.2) is 9.07 Å². The van der Waals surface area contributed by atoms with Gasteiger partial charge in [-0.2, -0.15) is 10.4 Å². The fraction of sp³-hybridized carbons (Fsp3) is 0.0588. The molecule has 0 unspecified atom stereocenters. The predicted molar refractivity (Wildman–Crippen MR) is 85.5 cm³/mol. The van der Waals surface area contributed by atoms with Crippen molar-refractivity contribution in [2.24, 2.45) is 0 Å². The van der Waals surface area contributed by atoms with Gasteiger partial charge in [0.15, 0.2) is 0 Å². The van der Waals surface area contributed by atoms with Crippen LogP contribution >= 0.6 is 11.8 Å². The topological polar surface area (TPSA) is 41.6 Å². The molecule has 0 spiro atoms. The minimum Gasteiger partial charge on any atom is -0.232 e. The van der Waals surface area contributed by atoms with Crippen molar-refractivity contribution in [3.8, 4) is 23.0 Å². The molecule has 22 heavy (non-hydrogen) atoms. The van der Waals surface area contributed by atoms with Gasteiger partial charge in [-0.1, -0.05) is 12.1 Å². The van der Waals surface area contributed by atoms with Gasteiger partial charge in [-0.3, -0.25) is 0 Å². The molecule has 2 aromatic carbocycles. The molecule has 0 aliphatic heterocycles. The van der Waals surface area contributed by atoms with E-state index in [-0.39, 0.29) is 5.82 Å². The molecule has 3 nitrogen and oxygen atoms in total. The van der Waals surface area contributed by atoms with Crippen molar-refractivity contribution in [1.82, 2.24) is 9.78 Å². The van der Waals surface area contributed by atoms with Crippen molar-refractivity contribution >= 4 is 11.8 Å². The highest BCUT2D eigenvalue weighted by Gasteiger charge is 2.14. The zero-order chi connectivity index (χ0) is 15.5. The minimum absolute atomic E-state index is 0.303. The maximum absolute atomic E-state index is 13.1. The van der Waals surface area contributed by atoms with Gasteiger partial charge in [0.05, 0.1) is 23.1 Å². The summed E-state index contributed by atoms with van der Waals surface area (Å²) in [6.07, 6.45) is 3.54. The van der Waals surface area contributed by atoms with Crippen molar-refractivity contribution in [2.75, 3.05) is 6.26 Å². The number of rotatable bonds is 3. The van der Waals surface area contributed by atoms with Gasteiger partial charge >= 0.3 is 0 Å². The predicted octanol–water partition coefficient (Wildman–Crippen LogP) is 4.27. The summed E-state index contributed by atoms with van der Waals surface area (Å²) < 4.78 is 14.8. The van der Waals surface area contributed by atoms with Crippen LogP contribution in [-0.4, -0.2) is 16.0 Å². The van der Waals surface area contributed by atoms with Crippen LogP contribution in [0.4, 0.5) is 4.39 Å². The first-order chi connectivity index (χ1) is 10.7. The van der Waals surface area contributed by atoms with Crippen molar-refractivity contribution in [2.45, 2.75) is 4.90 Å². The van der Waals surface area contributed by atoms with E-state index in [4.69, 9.17) is 0 Å². The number of hydrogen-bond donors (Lipinski definition) is 0. The summed E-state index contributed by atoms with van der Waals surface area (Å²) in [5, 5.41) is 13.6. The minimum atomic E-state index is -0.303. The average molecular weight is 309 g/mol. The Hall–Kier alpha value is -2.58. The Morgan fingerprint density at radius 2 is 1.77 bits per heavy atom. The SMILES string of the molecule is CSc1ccc(-c2c(C#N)cnn2-c2ccc(F)cc2)cc1. The molecule has 0 radical (unpaired) electrons. The molecule has 0 atom stereocenters. The first-order valence-electron chi connectivity index (χ1n) is 6.61. The van der Waals surface area contributed by atoms with E-state index in [9.17, 15) is 9.65 Å². The number of nitrogens with zero attached hydrogens (tertiary/aromatic N) is 3. The summed E-state index contributed by atoms with van der Waals surface area (Å²) >= 11 is 1.66. The summed E-state index contributed by atoms with van der Waals surface area (Å²) in [6, 6.07) is 16.1. The van der Waals surface area contributed by atoms with Crippen molar-refractivity contribution in [3.05, 3.63) is 66.1 Å². The molecule has 0 N–H and O–H groups in total. The van der Waals surface area contributed by atoms with Gasteiger partial charge in [0.25, 0.3) is 0 Å². The summed E-state index contributed by atoms with van der Waals surface area (Å²) in [5.74, 6) is -0.303. The van der Waals surface area contributed by atoms with E-state index in [1.807, 2.05) is 30.5 Å². The van der Waals surface area contributed by atoms with Crippen LogP contribution in [-0.2, 0) is 0 Å². The average Bonchev–Trinajstić information content (AvgIpc) is 2.99. The molecule has 0 fully saturated rings. The number of aromatic nitrogens is 2. The van der Waals surface area contributed by atoms with Crippen LogP contribution in [0, 0.1) is 17.1 Å². The van der Waals surface area contributed by atoms with E-state index in [2.05, 4.69) is 11.2 Å². The second-order valence-electron chi connectivity index (χ2n) is 4.64. The highest BCUT2D eigenvalue weighted by Crippen LogP contribution is 2.28. The lowest BCUT2D eigenvalue weighted by Crippen LogP contribution is -1.99. The Bertz CT molecular complexity index is 830. The zero-order valence-electron chi connectivity index (χ0n) is 11.8. The zero-order valence-corrected chi connectivity index (χ0v) is 12.6. The number of benzene rings is 2. The molecule has 0 aliphatic carbocycles. The number of hydrogen-bond acceptors (Lipinski definition) is 3. The summed E-state index contributed by atoms with van der Waals surface area (Å²) in [7, 11) is 0. The number of nitriles is 1. The molecule has 0 aliphatic rings. The molecule has 5 heteroatoms. The van der Waals surface area contributed by atoms with Gasteiger partial charge in [-0.15, -0.1) is 11.8 Å². The van der Waals surface area contributed by atoms with E-state index < -0.39 is 0 Å². The highest BCUT2D eigenvalue weighted by atomic mass is 32.2. The summed E-state index contributed by atoms with van der Waals surface area (Å²) in [5.41, 5.74) is 2.81. The van der Waals surface area contributed by atoms with Gasteiger partial charge in [0.2, 0.25) is 0 Å². The Morgan fingerprint density at radius 3 is 2.36 bits per heavy atom. The standard InChI is InChI=1S/C17H12FN3S/c1-22-16-8-2-12(3-9-16)17-13(10-19)11-20-21(17)15-6-4-14(18)5-7-15/h2-9,11H,1H3. The Morgan fingerprint density at radius 1 is 1.09 bits per heavy atom. The summed E-state index contributed by atoms with van der Waals surface area (Å²) in [6.45, 7) is 0. The van der Waals surface area contributed by atoms with Crippen LogP contribution in [0.15, 0.2) is 59.6 Å². The second kappa shape index (κ2) is 6.04. The number of halogens is 1. The van der Waals surface area contributed by atoms with Crippen LogP contribution in [0.3, 0.4) is 0 Å². The monoisotopic (exact) mass is 309 g/mol. The van der Waals surface area contributed by atoms with Gasteiger partial charge in [-0.05, 0) is 42.7 Å². The normalized spacial score (nSPS) is 10.4. The highest BCUT2D eigenvalue weighted by molar-refractivity contribution is 7.98. The van der Waals surface area contributed by atoms with Crippen molar-refractivity contribution < 1.29 is 4.39 Å². The fourth-order valence-corrected chi connectivity index (χ4v) is 2.64. The van der Waals surface area contributed by atoms with Crippen LogP contribution < -0.4 is 0 Å². The fourth-order valence-electron chi connectivity index (χ4n) is 2.23. The molecular weight excluding hydrogens is 297 g/mol. The van der Waals surface area contributed by atoms with E-state index in [1.165, 1.54) is 18.3 Å². The number of thioether (sulfide) groups is 1. The van der Waals surface area contributed by atoms with Crippen LogP contribution in [0.25, 0.3) is 16.9 Å². The first-order valence-corrected chi connectivity index (χ1v) is 7.84. The quantitative estimate of drug-likeness (QED) is 0.678. The van der Waals surface area contributed by atoms with E-state index in [1.54, 1.807) is 28.6 Å². The van der Waals surface area contributed by atoms with E-state index in [0.717, 1.165) is 10.5 Å². The van der Waals surface area contributed by atoms with Crippen LogP contribution in [0.1, 0.15) is 5.56 Å². The molecule has 0 amide bonds. The molecule has 1 aromatic heterocycles. The van der Waals surface area contributed by atoms with E-state index >= 15 is 0 Å². The van der Waals surface area contributed by atoms with E-state index in [0.29, 0.717) is 16.9 Å². The smallest absolute Gasteiger partial charge is 0.123 e. The Labute approximate surface area is 132 Å². The third kappa shape index (κ3) is 2.61.